The van der Waals surface area contributed by atoms with Crippen molar-refractivity contribution < 1.29 is 23.8 Å². The third kappa shape index (κ3) is 6.55. The Hall–Kier alpha value is -2.68. The van der Waals surface area contributed by atoms with Crippen LogP contribution in [0.25, 0.3) is 10.9 Å². The number of ether oxygens (including phenoxy) is 2. The minimum absolute atomic E-state index is 0.141. The summed E-state index contributed by atoms with van der Waals surface area (Å²) in [7, 11) is 3.05. The highest BCUT2D eigenvalue weighted by Crippen LogP contribution is 2.34. The number of carbonyl (C=O) groups is 1. The Balaban J connectivity index is 1.35. The normalized spacial score (nSPS) is 19.2. The number of hydrogen-bond acceptors (Lipinski definition) is 7. The van der Waals surface area contributed by atoms with Crippen molar-refractivity contribution in [2.75, 3.05) is 39.6 Å². The van der Waals surface area contributed by atoms with E-state index in [4.69, 9.17) is 9.47 Å². The Morgan fingerprint density at radius 3 is 2.89 bits per heavy atom. The number of piperidine rings is 1. The molecule has 1 unspecified atom stereocenters. The smallest absolute Gasteiger partial charge is 0.310 e. The number of esters is 1. The standard InChI is InChI=1S/C28H33FN2O4S/c1-34-21-7-8-26-24(17-21)23(10-12-30-26)27(32)9-6-19-11-13-31(18-25(19)28(33)35-2)14-15-36-22-5-3-4-20(29)16-22/h3-5,7-8,10,12,16-17,19,25,27,32H,6,9,11,13-15,18H2,1-2H3/t19-,25+,27?/m1/s1. The Morgan fingerprint density at radius 2 is 2.11 bits per heavy atom. The molecule has 1 N–H and O–H groups in total. The molecular weight excluding hydrogens is 479 g/mol. The third-order valence-electron chi connectivity index (χ3n) is 6.97. The molecule has 8 heteroatoms. The molecule has 0 radical (unpaired) electrons. The molecule has 1 aliphatic rings. The molecule has 6 nitrogen and oxygen atoms in total. The molecule has 4 rings (SSSR count). The van der Waals surface area contributed by atoms with E-state index in [1.807, 2.05) is 30.3 Å². The fourth-order valence-corrected chi connectivity index (χ4v) is 5.93. The van der Waals surface area contributed by atoms with Crippen molar-refractivity contribution in [2.24, 2.45) is 11.8 Å². The molecule has 192 valence electrons. The molecule has 0 spiro atoms. The van der Waals surface area contributed by atoms with Crippen LogP contribution in [0, 0.1) is 17.7 Å². The number of methoxy groups -OCH3 is 2. The summed E-state index contributed by atoms with van der Waals surface area (Å²) < 4.78 is 23.9. The number of rotatable bonds is 10. The topological polar surface area (TPSA) is 71.9 Å². The number of thioether (sulfide) groups is 1. The van der Waals surface area contributed by atoms with Gasteiger partial charge in [0.15, 0.2) is 0 Å². The lowest BCUT2D eigenvalue weighted by molar-refractivity contribution is -0.150. The van der Waals surface area contributed by atoms with E-state index in [0.717, 1.165) is 58.8 Å². The second-order valence-corrected chi connectivity index (χ2v) is 10.3. The summed E-state index contributed by atoms with van der Waals surface area (Å²) in [4.78, 5) is 20.2. The largest absolute Gasteiger partial charge is 0.497 e. The lowest BCUT2D eigenvalue weighted by Gasteiger charge is -2.37. The van der Waals surface area contributed by atoms with Crippen LogP contribution in [0.15, 0.2) is 59.6 Å². The summed E-state index contributed by atoms with van der Waals surface area (Å²) in [6.45, 7) is 2.33. The van der Waals surface area contributed by atoms with Crippen LogP contribution in [-0.4, -0.2) is 60.6 Å². The summed E-state index contributed by atoms with van der Waals surface area (Å²) in [5, 5.41) is 11.9. The molecule has 0 saturated carbocycles. The molecular formula is C28H33FN2O4S. The number of aliphatic hydroxyl groups is 1. The van der Waals surface area contributed by atoms with Crippen molar-refractivity contribution in [1.82, 2.24) is 9.88 Å². The maximum absolute atomic E-state index is 13.4. The number of nitrogens with zero attached hydrogens (tertiary/aromatic N) is 2. The highest BCUT2D eigenvalue weighted by Gasteiger charge is 2.35. The quantitative estimate of drug-likeness (QED) is 0.299. The van der Waals surface area contributed by atoms with Crippen molar-refractivity contribution in [1.29, 1.82) is 0 Å². The lowest BCUT2D eigenvalue weighted by Crippen LogP contribution is -2.45. The van der Waals surface area contributed by atoms with Crippen molar-refractivity contribution in [3.63, 3.8) is 0 Å². The number of halogens is 1. The second-order valence-electron chi connectivity index (χ2n) is 9.16. The SMILES string of the molecule is COC(=O)[C@H]1CN(CCSc2cccc(F)c2)CC[C@H]1CCC(O)c1ccnc2ccc(OC)cc12. The van der Waals surface area contributed by atoms with Crippen LogP contribution in [-0.2, 0) is 9.53 Å². The minimum atomic E-state index is -0.665. The van der Waals surface area contributed by atoms with Gasteiger partial charge in [0, 0.05) is 35.3 Å². The third-order valence-corrected chi connectivity index (χ3v) is 7.94. The highest BCUT2D eigenvalue weighted by atomic mass is 32.2. The molecule has 0 amide bonds. The number of hydrogen-bond donors (Lipinski definition) is 1. The zero-order valence-corrected chi connectivity index (χ0v) is 21.5. The predicted octanol–water partition coefficient (Wildman–Crippen LogP) is 5.10. The summed E-state index contributed by atoms with van der Waals surface area (Å²) in [6, 6.07) is 14.1. The highest BCUT2D eigenvalue weighted by molar-refractivity contribution is 7.99. The molecule has 36 heavy (non-hydrogen) atoms. The first-order chi connectivity index (χ1) is 17.5. The molecule has 3 aromatic rings. The number of aromatic nitrogens is 1. The van der Waals surface area contributed by atoms with E-state index in [1.165, 1.54) is 13.2 Å². The predicted molar refractivity (Wildman–Crippen MR) is 140 cm³/mol. The van der Waals surface area contributed by atoms with Crippen LogP contribution in [0.3, 0.4) is 0 Å². The van der Waals surface area contributed by atoms with Crippen molar-refractivity contribution >= 4 is 28.6 Å². The van der Waals surface area contributed by atoms with Crippen LogP contribution in [0.1, 0.15) is 30.9 Å². The number of benzene rings is 2. The van der Waals surface area contributed by atoms with Gasteiger partial charge in [-0.1, -0.05) is 6.07 Å². The van der Waals surface area contributed by atoms with Crippen LogP contribution < -0.4 is 4.74 Å². The van der Waals surface area contributed by atoms with Gasteiger partial charge in [0.25, 0.3) is 0 Å². The molecule has 2 aromatic carbocycles. The summed E-state index contributed by atoms with van der Waals surface area (Å²) in [6.07, 6.45) is 3.18. The van der Waals surface area contributed by atoms with Gasteiger partial charge in [-0.25, -0.2) is 4.39 Å². The van der Waals surface area contributed by atoms with Crippen LogP contribution >= 0.6 is 11.8 Å². The summed E-state index contributed by atoms with van der Waals surface area (Å²) in [5.41, 5.74) is 1.63. The number of fused-ring (bicyclic) bond motifs is 1. The molecule has 0 bridgehead atoms. The first-order valence-electron chi connectivity index (χ1n) is 12.3. The zero-order valence-electron chi connectivity index (χ0n) is 20.7. The van der Waals surface area contributed by atoms with Crippen molar-refractivity contribution in [3.8, 4) is 5.75 Å². The Bertz CT molecular complexity index is 1180. The van der Waals surface area contributed by atoms with Gasteiger partial charge in [0.1, 0.15) is 11.6 Å². The van der Waals surface area contributed by atoms with E-state index in [1.54, 1.807) is 37.2 Å². The minimum Gasteiger partial charge on any atom is -0.497 e. The van der Waals surface area contributed by atoms with Crippen molar-refractivity contribution in [2.45, 2.75) is 30.3 Å². The second kappa shape index (κ2) is 12.5. The Morgan fingerprint density at radius 1 is 1.25 bits per heavy atom. The van der Waals surface area contributed by atoms with Gasteiger partial charge in [-0.05, 0) is 79.8 Å². The summed E-state index contributed by atoms with van der Waals surface area (Å²) in [5.74, 6) is 1.02. The Kier molecular flexibility index (Phi) is 9.18. The van der Waals surface area contributed by atoms with E-state index in [2.05, 4.69) is 9.88 Å². The van der Waals surface area contributed by atoms with Gasteiger partial charge in [-0.15, -0.1) is 11.8 Å². The Labute approximate surface area is 215 Å². The fourth-order valence-electron chi connectivity index (χ4n) is 4.98. The van der Waals surface area contributed by atoms with Gasteiger partial charge in [-0.3, -0.25) is 9.78 Å². The van der Waals surface area contributed by atoms with Gasteiger partial charge < -0.3 is 19.5 Å². The average Bonchev–Trinajstić information content (AvgIpc) is 2.91. The zero-order chi connectivity index (χ0) is 25.5. The number of aliphatic hydroxyl groups excluding tert-OH is 1. The molecule has 0 aliphatic carbocycles. The molecule has 1 aliphatic heterocycles. The first kappa shape index (κ1) is 26.4. The molecule has 2 heterocycles. The molecule has 1 saturated heterocycles. The van der Waals surface area contributed by atoms with Crippen LogP contribution in [0.2, 0.25) is 0 Å². The number of likely N-dealkylation sites (tertiary alicyclic amines) is 1. The van der Waals surface area contributed by atoms with E-state index in [-0.39, 0.29) is 23.6 Å². The monoisotopic (exact) mass is 512 g/mol. The van der Waals surface area contributed by atoms with Gasteiger partial charge in [0.05, 0.1) is 31.8 Å². The maximum Gasteiger partial charge on any atom is 0.310 e. The van der Waals surface area contributed by atoms with E-state index < -0.39 is 6.10 Å². The van der Waals surface area contributed by atoms with Gasteiger partial charge >= 0.3 is 5.97 Å². The first-order valence-corrected chi connectivity index (χ1v) is 13.3. The van der Waals surface area contributed by atoms with E-state index >= 15 is 0 Å². The van der Waals surface area contributed by atoms with Crippen molar-refractivity contribution in [3.05, 3.63) is 66.1 Å². The lowest BCUT2D eigenvalue weighted by atomic mass is 9.81. The number of carbonyl (C=O) groups excluding carboxylic acids is 1. The molecule has 1 aromatic heterocycles. The van der Waals surface area contributed by atoms with E-state index in [9.17, 15) is 14.3 Å². The van der Waals surface area contributed by atoms with Gasteiger partial charge in [0.2, 0.25) is 0 Å². The van der Waals surface area contributed by atoms with Gasteiger partial charge in [-0.2, -0.15) is 0 Å². The van der Waals surface area contributed by atoms with Crippen LogP contribution in [0.4, 0.5) is 4.39 Å². The molecule has 3 atom stereocenters. The molecule has 1 fully saturated rings. The average molecular weight is 513 g/mol. The number of pyridine rings is 1. The fraction of sp³-hybridized carbons (Fsp3) is 0.429. The summed E-state index contributed by atoms with van der Waals surface area (Å²) >= 11 is 1.61. The van der Waals surface area contributed by atoms with E-state index in [0.29, 0.717) is 13.0 Å². The van der Waals surface area contributed by atoms with Crippen LogP contribution in [0.5, 0.6) is 5.75 Å². The maximum atomic E-state index is 13.4.